The highest BCUT2D eigenvalue weighted by Crippen LogP contribution is 2.46. The predicted molar refractivity (Wildman–Crippen MR) is 53.4 cm³/mol. The normalized spacial score (nSPS) is 43.0. The highest BCUT2D eigenvalue weighted by Gasteiger charge is 2.38. The Kier molecular flexibility index (Phi) is 2.75. The smallest absolute Gasteiger partial charge is 0.0667 e. The van der Waals surface area contributed by atoms with Crippen LogP contribution in [0.1, 0.15) is 32.1 Å². The molecule has 0 aromatic rings. The average molecular weight is 233 g/mol. The van der Waals surface area contributed by atoms with Gasteiger partial charge in [-0.2, -0.15) is 0 Å². The molecule has 2 heteroatoms. The summed E-state index contributed by atoms with van der Waals surface area (Å²) in [5.41, 5.74) is 0. The fourth-order valence-electron chi connectivity index (χ4n) is 3.02. The van der Waals surface area contributed by atoms with Gasteiger partial charge in [0.2, 0.25) is 0 Å². The van der Waals surface area contributed by atoms with Crippen molar-refractivity contribution in [3.63, 3.8) is 0 Å². The van der Waals surface area contributed by atoms with Crippen LogP contribution in [0.4, 0.5) is 0 Å². The van der Waals surface area contributed by atoms with Gasteiger partial charge >= 0.3 is 0 Å². The lowest BCUT2D eigenvalue weighted by Gasteiger charge is -2.44. The second-order valence-corrected chi connectivity index (χ2v) is 5.05. The molecule has 3 fully saturated rings. The van der Waals surface area contributed by atoms with Crippen molar-refractivity contribution < 1.29 is 5.11 Å². The summed E-state index contributed by atoms with van der Waals surface area (Å²) in [6.07, 6.45) is 6.81. The van der Waals surface area contributed by atoms with Gasteiger partial charge in [-0.05, 0) is 37.0 Å². The van der Waals surface area contributed by atoms with E-state index in [0.29, 0.717) is 5.92 Å². The zero-order valence-electron chi connectivity index (χ0n) is 7.38. The van der Waals surface area contributed by atoms with Gasteiger partial charge in [-0.1, -0.05) is 28.8 Å². The first-order valence-electron chi connectivity index (χ1n) is 5.05. The molecule has 2 unspecified atom stereocenters. The Labute approximate surface area is 82.7 Å². The van der Waals surface area contributed by atoms with Crippen LogP contribution in [0.3, 0.4) is 0 Å². The van der Waals surface area contributed by atoms with E-state index in [1.54, 1.807) is 0 Å². The minimum atomic E-state index is -0.0851. The van der Waals surface area contributed by atoms with Crippen LogP contribution in [0.2, 0.25) is 0 Å². The SMILES string of the molecule is OC(CBr)C1CC2CCC1CC2. The summed E-state index contributed by atoms with van der Waals surface area (Å²) >= 11 is 3.37. The van der Waals surface area contributed by atoms with Crippen molar-refractivity contribution in [3.8, 4) is 0 Å². The molecular weight excluding hydrogens is 216 g/mol. The third-order valence-corrected chi connectivity index (χ3v) is 4.42. The summed E-state index contributed by atoms with van der Waals surface area (Å²) in [4.78, 5) is 0. The maximum absolute atomic E-state index is 9.76. The van der Waals surface area contributed by atoms with Crippen molar-refractivity contribution in [1.82, 2.24) is 0 Å². The van der Waals surface area contributed by atoms with E-state index in [4.69, 9.17) is 0 Å². The molecule has 2 bridgehead atoms. The van der Waals surface area contributed by atoms with E-state index in [2.05, 4.69) is 15.9 Å². The van der Waals surface area contributed by atoms with Crippen molar-refractivity contribution >= 4 is 15.9 Å². The lowest BCUT2D eigenvalue weighted by atomic mass is 9.63. The Morgan fingerprint density at radius 2 is 1.92 bits per heavy atom. The minimum Gasteiger partial charge on any atom is -0.392 e. The molecule has 0 spiro atoms. The van der Waals surface area contributed by atoms with Gasteiger partial charge in [0, 0.05) is 5.33 Å². The van der Waals surface area contributed by atoms with Crippen LogP contribution in [-0.4, -0.2) is 16.5 Å². The second-order valence-electron chi connectivity index (χ2n) is 4.40. The van der Waals surface area contributed by atoms with E-state index in [1.165, 1.54) is 32.1 Å². The van der Waals surface area contributed by atoms with Crippen molar-refractivity contribution in [2.24, 2.45) is 17.8 Å². The summed E-state index contributed by atoms with van der Waals surface area (Å²) in [5, 5.41) is 10.5. The molecule has 2 atom stereocenters. The fourth-order valence-corrected chi connectivity index (χ4v) is 3.50. The van der Waals surface area contributed by atoms with Crippen molar-refractivity contribution in [2.45, 2.75) is 38.2 Å². The van der Waals surface area contributed by atoms with Gasteiger partial charge in [0.05, 0.1) is 6.10 Å². The fraction of sp³-hybridized carbons (Fsp3) is 1.00. The molecular formula is C10H17BrO. The van der Waals surface area contributed by atoms with Crippen molar-refractivity contribution in [1.29, 1.82) is 0 Å². The molecule has 0 radical (unpaired) electrons. The number of aliphatic hydroxyl groups excluding tert-OH is 1. The van der Waals surface area contributed by atoms with E-state index in [9.17, 15) is 5.11 Å². The molecule has 3 rings (SSSR count). The molecule has 0 aliphatic heterocycles. The molecule has 1 N–H and O–H groups in total. The lowest BCUT2D eigenvalue weighted by Crippen LogP contribution is -2.38. The molecule has 1 nitrogen and oxygen atoms in total. The summed E-state index contributed by atoms with van der Waals surface area (Å²) in [6, 6.07) is 0. The molecule has 0 heterocycles. The van der Waals surface area contributed by atoms with Crippen molar-refractivity contribution in [2.75, 3.05) is 5.33 Å². The molecule has 12 heavy (non-hydrogen) atoms. The van der Waals surface area contributed by atoms with Crippen LogP contribution < -0.4 is 0 Å². The molecule has 0 aromatic heterocycles. The van der Waals surface area contributed by atoms with E-state index in [1.807, 2.05) is 0 Å². The lowest BCUT2D eigenvalue weighted by molar-refractivity contribution is 0.00892. The van der Waals surface area contributed by atoms with E-state index >= 15 is 0 Å². The highest BCUT2D eigenvalue weighted by atomic mass is 79.9. The highest BCUT2D eigenvalue weighted by molar-refractivity contribution is 9.09. The topological polar surface area (TPSA) is 20.2 Å². The first-order chi connectivity index (χ1) is 5.81. The number of halogens is 1. The Bertz CT molecular complexity index is 152. The van der Waals surface area contributed by atoms with Gasteiger partial charge in [0.15, 0.2) is 0 Å². The molecule has 0 aromatic carbocycles. The zero-order chi connectivity index (χ0) is 8.55. The quantitative estimate of drug-likeness (QED) is 0.727. The Morgan fingerprint density at radius 3 is 2.33 bits per heavy atom. The van der Waals surface area contributed by atoms with Crippen LogP contribution in [0.15, 0.2) is 0 Å². The van der Waals surface area contributed by atoms with Gasteiger partial charge < -0.3 is 5.11 Å². The van der Waals surface area contributed by atoms with Crippen LogP contribution in [0, 0.1) is 17.8 Å². The number of hydrogen-bond acceptors (Lipinski definition) is 1. The molecule has 3 aliphatic rings. The molecule has 3 saturated carbocycles. The van der Waals surface area contributed by atoms with Crippen LogP contribution >= 0.6 is 15.9 Å². The standard InChI is InChI=1S/C10H17BrO/c11-6-10(12)9-5-7-1-3-8(9)4-2-7/h7-10,12H,1-6H2. The number of aliphatic hydroxyl groups is 1. The Balaban J connectivity index is 1.99. The van der Waals surface area contributed by atoms with Crippen LogP contribution in [0.25, 0.3) is 0 Å². The van der Waals surface area contributed by atoms with Gasteiger partial charge in [-0.15, -0.1) is 0 Å². The maximum atomic E-state index is 9.76. The number of alkyl halides is 1. The van der Waals surface area contributed by atoms with Gasteiger partial charge in [0.1, 0.15) is 0 Å². The molecule has 3 aliphatic carbocycles. The average Bonchev–Trinajstić information content (AvgIpc) is 2.18. The van der Waals surface area contributed by atoms with Gasteiger partial charge in [-0.25, -0.2) is 0 Å². The van der Waals surface area contributed by atoms with Gasteiger partial charge in [0.25, 0.3) is 0 Å². The van der Waals surface area contributed by atoms with Crippen LogP contribution in [-0.2, 0) is 0 Å². The molecule has 0 amide bonds. The molecule has 0 saturated heterocycles. The Morgan fingerprint density at radius 1 is 1.25 bits per heavy atom. The number of hydrogen-bond donors (Lipinski definition) is 1. The van der Waals surface area contributed by atoms with Crippen LogP contribution in [0.5, 0.6) is 0 Å². The number of rotatable bonds is 2. The number of fused-ring (bicyclic) bond motifs is 3. The predicted octanol–water partition coefficient (Wildman–Crippen LogP) is 2.57. The third kappa shape index (κ3) is 1.56. The largest absolute Gasteiger partial charge is 0.392 e. The summed E-state index contributed by atoms with van der Waals surface area (Å²) in [7, 11) is 0. The first kappa shape index (κ1) is 9.01. The zero-order valence-corrected chi connectivity index (χ0v) is 8.96. The second kappa shape index (κ2) is 3.67. The third-order valence-electron chi connectivity index (χ3n) is 3.75. The molecule has 70 valence electrons. The summed E-state index contributed by atoms with van der Waals surface area (Å²) < 4.78 is 0. The minimum absolute atomic E-state index is 0.0851. The van der Waals surface area contributed by atoms with Crippen molar-refractivity contribution in [3.05, 3.63) is 0 Å². The van der Waals surface area contributed by atoms with Gasteiger partial charge in [-0.3, -0.25) is 0 Å². The first-order valence-corrected chi connectivity index (χ1v) is 6.17. The Hall–Kier alpha value is 0.440. The monoisotopic (exact) mass is 232 g/mol. The van der Waals surface area contributed by atoms with E-state index in [-0.39, 0.29) is 6.10 Å². The summed E-state index contributed by atoms with van der Waals surface area (Å²) in [5.74, 6) is 2.38. The van der Waals surface area contributed by atoms with E-state index in [0.717, 1.165) is 17.2 Å². The maximum Gasteiger partial charge on any atom is 0.0667 e. The van der Waals surface area contributed by atoms with E-state index < -0.39 is 0 Å². The summed E-state index contributed by atoms with van der Waals surface area (Å²) in [6.45, 7) is 0.